The quantitative estimate of drug-likeness (QED) is 0.463. The number of nitrogens with one attached hydrogen (secondary N) is 1. The van der Waals surface area contributed by atoms with E-state index in [0.717, 1.165) is 17.8 Å². The van der Waals surface area contributed by atoms with Gasteiger partial charge in [0.15, 0.2) is 5.65 Å². The van der Waals surface area contributed by atoms with Gasteiger partial charge >= 0.3 is 0 Å². The Labute approximate surface area is 197 Å². The molecule has 1 amide bonds. The molecule has 1 saturated carbocycles. The molecule has 3 atom stereocenters. The highest BCUT2D eigenvalue weighted by Crippen LogP contribution is 2.55. The Morgan fingerprint density at radius 3 is 2.76 bits per heavy atom. The van der Waals surface area contributed by atoms with E-state index < -0.39 is 0 Å². The third-order valence-corrected chi connectivity index (χ3v) is 9.31. The minimum Gasteiger partial charge on any atom is -0.369 e. The van der Waals surface area contributed by atoms with E-state index in [0.29, 0.717) is 30.3 Å². The SMILES string of the molecule is Cc1c(-c2[nH]c3sc(C4C[C@@H]5CN(CC(N)=O)C45)c(C)c3c2C(C)C)cn2ncnc2c1C. The second-order valence-corrected chi connectivity index (χ2v) is 11.2. The number of rotatable bonds is 5. The van der Waals surface area contributed by atoms with Gasteiger partial charge in [-0.25, -0.2) is 9.50 Å². The zero-order valence-electron chi connectivity index (χ0n) is 19.8. The number of aryl methyl sites for hydroxylation is 2. The number of likely N-dealkylation sites (tertiary alicyclic amines) is 1. The molecule has 1 saturated heterocycles. The van der Waals surface area contributed by atoms with Crippen molar-refractivity contribution in [3.8, 4) is 11.3 Å². The zero-order chi connectivity index (χ0) is 23.2. The Bertz CT molecular complexity index is 1430. The number of nitrogens with two attached hydrogens (primary N) is 1. The van der Waals surface area contributed by atoms with Crippen molar-refractivity contribution in [3.05, 3.63) is 39.7 Å². The number of amides is 1. The van der Waals surface area contributed by atoms with Crippen LogP contribution in [0.3, 0.4) is 0 Å². The number of H-pyrrole nitrogens is 1. The number of piperidine rings is 1. The van der Waals surface area contributed by atoms with Gasteiger partial charge in [-0.05, 0) is 61.3 Å². The number of fused-ring (bicyclic) bond motifs is 3. The molecule has 1 aliphatic heterocycles. The van der Waals surface area contributed by atoms with E-state index in [-0.39, 0.29) is 5.91 Å². The number of aromatic nitrogens is 4. The second-order valence-electron chi connectivity index (χ2n) is 10.2. The molecular weight excluding hydrogens is 432 g/mol. The number of carbonyl (C=O) groups excluding carboxylic acids is 1. The van der Waals surface area contributed by atoms with Gasteiger partial charge in [0.2, 0.25) is 5.91 Å². The standard InChI is InChI=1S/C25H30N6OS/c1-11(2)19-20-14(5)23(16-6-15-7-30(22(15)16)9-18(26)32)33-25(20)29-21(19)17-8-31-24(27-10-28-31)13(4)12(17)3/h8,10-11,15-16,22,29H,6-7,9H2,1-5H3,(H2,26,32)/t15-,16?,22?/m1/s1. The molecule has 6 rings (SSSR count). The molecule has 2 aliphatic rings. The predicted molar refractivity (Wildman–Crippen MR) is 132 cm³/mol. The smallest absolute Gasteiger partial charge is 0.231 e. The van der Waals surface area contributed by atoms with Crippen molar-refractivity contribution >= 4 is 33.1 Å². The first kappa shape index (κ1) is 20.9. The maximum atomic E-state index is 11.5. The van der Waals surface area contributed by atoms with E-state index in [1.165, 1.54) is 49.5 Å². The number of carbonyl (C=O) groups is 1. The fourth-order valence-corrected chi connectivity index (χ4v) is 7.62. The highest BCUT2D eigenvalue weighted by molar-refractivity contribution is 7.19. The van der Waals surface area contributed by atoms with Gasteiger partial charge in [0, 0.05) is 40.5 Å². The molecule has 0 bridgehead atoms. The van der Waals surface area contributed by atoms with Crippen LogP contribution in [0.1, 0.15) is 59.2 Å². The number of pyridine rings is 1. The Morgan fingerprint density at radius 1 is 1.27 bits per heavy atom. The van der Waals surface area contributed by atoms with E-state index in [1.807, 2.05) is 15.9 Å². The average Bonchev–Trinajstić information content (AvgIpc) is 3.42. The summed E-state index contributed by atoms with van der Waals surface area (Å²) in [6.07, 6.45) is 4.94. The van der Waals surface area contributed by atoms with Crippen molar-refractivity contribution in [1.29, 1.82) is 0 Å². The number of thiophene rings is 1. The predicted octanol–water partition coefficient (Wildman–Crippen LogP) is 4.26. The summed E-state index contributed by atoms with van der Waals surface area (Å²) >= 11 is 1.90. The first-order valence-corrected chi connectivity index (χ1v) is 12.5. The summed E-state index contributed by atoms with van der Waals surface area (Å²) in [6.45, 7) is 12.5. The lowest BCUT2D eigenvalue weighted by molar-refractivity contribution is -0.129. The summed E-state index contributed by atoms with van der Waals surface area (Å²) in [5.41, 5.74) is 14.0. The molecule has 0 spiro atoms. The highest BCUT2D eigenvalue weighted by Gasteiger charge is 2.54. The molecule has 0 radical (unpaired) electrons. The van der Waals surface area contributed by atoms with Gasteiger partial charge in [-0.1, -0.05) is 13.8 Å². The Kier molecular flexibility index (Phi) is 4.52. The summed E-state index contributed by atoms with van der Waals surface area (Å²) < 4.78 is 1.88. The molecule has 5 heterocycles. The topological polar surface area (TPSA) is 92.3 Å². The summed E-state index contributed by atoms with van der Waals surface area (Å²) in [5, 5.41) is 5.78. The van der Waals surface area contributed by atoms with Crippen molar-refractivity contribution in [2.75, 3.05) is 13.1 Å². The van der Waals surface area contributed by atoms with Crippen LogP contribution >= 0.6 is 11.3 Å². The van der Waals surface area contributed by atoms with Gasteiger partial charge in [-0.3, -0.25) is 9.69 Å². The maximum absolute atomic E-state index is 11.5. The minimum atomic E-state index is -0.226. The van der Waals surface area contributed by atoms with Crippen molar-refractivity contribution in [1.82, 2.24) is 24.5 Å². The van der Waals surface area contributed by atoms with E-state index in [2.05, 4.69) is 60.8 Å². The van der Waals surface area contributed by atoms with Crippen LogP contribution < -0.4 is 5.73 Å². The molecule has 172 valence electrons. The largest absolute Gasteiger partial charge is 0.369 e. The van der Waals surface area contributed by atoms with Crippen LogP contribution in [0.2, 0.25) is 0 Å². The van der Waals surface area contributed by atoms with Crippen molar-refractivity contribution < 1.29 is 4.79 Å². The van der Waals surface area contributed by atoms with Crippen LogP contribution in [-0.4, -0.2) is 49.5 Å². The van der Waals surface area contributed by atoms with Gasteiger partial charge in [-0.15, -0.1) is 11.3 Å². The van der Waals surface area contributed by atoms with Crippen LogP contribution in [0, 0.1) is 26.7 Å². The van der Waals surface area contributed by atoms with E-state index in [9.17, 15) is 4.79 Å². The molecule has 4 aromatic rings. The zero-order valence-corrected chi connectivity index (χ0v) is 20.6. The van der Waals surface area contributed by atoms with Gasteiger partial charge in [0.1, 0.15) is 11.2 Å². The van der Waals surface area contributed by atoms with E-state index >= 15 is 0 Å². The third kappa shape index (κ3) is 2.86. The average molecular weight is 463 g/mol. The molecule has 7 nitrogen and oxygen atoms in total. The summed E-state index contributed by atoms with van der Waals surface area (Å²) in [6, 6.07) is 0.473. The number of primary amides is 1. The monoisotopic (exact) mass is 462 g/mol. The van der Waals surface area contributed by atoms with Crippen molar-refractivity contribution in [3.63, 3.8) is 0 Å². The van der Waals surface area contributed by atoms with Crippen LogP contribution in [-0.2, 0) is 4.79 Å². The summed E-state index contributed by atoms with van der Waals surface area (Å²) in [4.78, 5) is 24.7. The summed E-state index contributed by atoms with van der Waals surface area (Å²) in [5.74, 6) is 1.38. The minimum absolute atomic E-state index is 0.226. The van der Waals surface area contributed by atoms with Crippen LogP contribution in [0.15, 0.2) is 12.5 Å². The van der Waals surface area contributed by atoms with Crippen molar-refractivity contribution in [2.45, 2.75) is 58.9 Å². The highest BCUT2D eigenvalue weighted by atomic mass is 32.1. The fraction of sp³-hybridized carbons (Fsp3) is 0.480. The molecular formula is C25H30N6OS. The number of hydrogen-bond acceptors (Lipinski definition) is 5. The third-order valence-electron chi connectivity index (χ3n) is 7.97. The maximum Gasteiger partial charge on any atom is 0.231 e. The molecule has 8 heteroatoms. The van der Waals surface area contributed by atoms with Crippen LogP contribution in [0.25, 0.3) is 27.1 Å². The van der Waals surface area contributed by atoms with E-state index in [1.54, 1.807) is 6.33 Å². The molecule has 33 heavy (non-hydrogen) atoms. The molecule has 2 unspecified atom stereocenters. The van der Waals surface area contributed by atoms with Gasteiger partial charge < -0.3 is 10.7 Å². The van der Waals surface area contributed by atoms with Gasteiger partial charge in [-0.2, -0.15) is 5.10 Å². The molecule has 4 aromatic heterocycles. The van der Waals surface area contributed by atoms with Gasteiger partial charge in [0.05, 0.1) is 12.2 Å². The Balaban J connectivity index is 1.46. The summed E-state index contributed by atoms with van der Waals surface area (Å²) in [7, 11) is 0. The lowest BCUT2D eigenvalue weighted by Crippen LogP contribution is -2.67. The Hall–Kier alpha value is -2.71. The van der Waals surface area contributed by atoms with Crippen molar-refractivity contribution in [2.24, 2.45) is 11.7 Å². The first-order chi connectivity index (χ1) is 15.8. The van der Waals surface area contributed by atoms with Crippen LogP contribution in [0.4, 0.5) is 0 Å². The number of nitrogens with zero attached hydrogens (tertiary/aromatic N) is 4. The van der Waals surface area contributed by atoms with Gasteiger partial charge in [0.25, 0.3) is 0 Å². The molecule has 2 fully saturated rings. The fourth-order valence-electron chi connectivity index (χ4n) is 6.24. The lowest BCUT2D eigenvalue weighted by Gasteiger charge is -2.60. The van der Waals surface area contributed by atoms with Crippen LogP contribution in [0.5, 0.6) is 0 Å². The molecule has 3 N–H and O–H groups in total. The second kappa shape index (κ2) is 7.14. The Morgan fingerprint density at radius 2 is 2.06 bits per heavy atom. The molecule has 1 aliphatic carbocycles. The number of hydrogen-bond donors (Lipinski definition) is 2. The molecule has 0 aromatic carbocycles. The first-order valence-electron chi connectivity index (χ1n) is 11.7. The lowest BCUT2D eigenvalue weighted by atomic mass is 9.62. The normalized spacial score (nSPS) is 22.7. The van der Waals surface area contributed by atoms with E-state index in [4.69, 9.17) is 5.73 Å². The number of aromatic amines is 1.